The Kier molecular flexibility index (Phi) is 7.61. The van der Waals surface area contributed by atoms with Crippen molar-refractivity contribution in [3.8, 4) is 0 Å². The topological polar surface area (TPSA) is 86.7 Å². The maximum atomic E-state index is 12.3. The van der Waals surface area contributed by atoms with E-state index in [2.05, 4.69) is 5.32 Å². The maximum Gasteiger partial charge on any atom is 0.326 e. The van der Waals surface area contributed by atoms with E-state index in [0.717, 1.165) is 5.56 Å². The molecule has 2 atom stereocenters. The molecule has 6 nitrogen and oxygen atoms in total. The molecule has 0 aromatic heterocycles. The molecular formula is C19H28N2O4. The molecule has 2 unspecified atom stereocenters. The molecule has 0 aliphatic heterocycles. The summed E-state index contributed by atoms with van der Waals surface area (Å²) in [5.41, 5.74) is 1.31. The third-order valence-electron chi connectivity index (χ3n) is 4.27. The molecule has 1 rings (SSSR count). The van der Waals surface area contributed by atoms with Crippen LogP contribution < -0.4 is 5.32 Å². The summed E-state index contributed by atoms with van der Waals surface area (Å²) in [5.74, 6) is -1.61. The lowest BCUT2D eigenvalue weighted by Crippen LogP contribution is -2.45. The SMILES string of the molecule is CCC(C)C(NC(=O)c1ccc(CN(C)C(=O)C(C)C)cc1)C(=O)O. The van der Waals surface area contributed by atoms with Gasteiger partial charge in [0.25, 0.3) is 5.91 Å². The van der Waals surface area contributed by atoms with Crippen molar-refractivity contribution in [2.24, 2.45) is 11.8 Å². The predicted octanol–water partition coefficient (Wildman–Crippen LogP) is 2.53. The van der Waals surface area contributed by atoms with Crippen molar-refractivity contribution in [3.05, 3.63) is 35.4 Å². The molecule has 0 heterocycles. The molecule has 2 N–H and O–H groups in total. The van der Waals surface area contributed by atoms with Crippen LogP contribution in [0, 0.1) is 11.8 Å². The lowest BCUT2D eigenvalue weighted by atomic mass is 9.99. The number of hydrogen-bond acceptors (Lipinski definition) is 3. The summed E-state index contributed by atoms with van der Waals surface area (Å²) < 4.78 is 0. The Bertz CT molecular complexity index is 610. The first-order valence-electron chi connectivity index (χ1n) is 8.54. The zero-order chi connectivity index (χ0) is 19.1. The number of nitrogens with one attached hydrogen (secondary N) is 1. The Balaban J connectivity index is 2.76. The molecule has 0 fully saturated rings. The van der Waals surface area contributed by atoms with E-state index in [1.807, 2.05) is 20.8 Å². The van der Waals surface area contributed by atoms with E-state index < -0.39 is 17.9 Å². The summed E-state index contributed by atoms with van der Waals surface area (Å²) in [7, 11) is 1.74. The van der Waals surface area contributed by atoms with E-state index in [0.29, 0.717) is 18.5 Å². The van der Waals surface area contributed by atoms with Gasteiger partial charge in [-0.2, -0.15) is 0 Å². The molecule has 1 aromatic rings. The van der Waals surface area contributed by atoms with Gasteiger partial charge in [0.1, 0.15) is 6.04 Å². The molecular weight excluding hydrogens is 320 g/mol. The van der Waals surface area contributed by atoms with Crippen LogP contribution in [0.2, 0.25) is 0 Å². The highest BCUT2D eigenvalue weighted by Crippen LogP contribution is 2.12. The molecule has 0 radical (unpaired) electrons. The number of hydrogen-bond donors (Lipinski definition) is 2. The van der Waals surface area contributed by atoms with Crippen LogP contribution in [-0.2, 0) is 16.1 Å². The van der Waals surface area contributed by atoms with Crippen molar-refractivity contribution in [2.75, 3.05) is 7.05 Å². The van der Waals surface area contributed by atoms with E-state index in [4.69, 9.17) is 0 Å². The number of benzene rings is 1. The van der Waals surface area contributed by atoms with E-state index in [9.17, 15) is 19.5 Å². The number of carboxylic acid groups (broad SMARTS) is 1. The van der Waals surface area contributed by atoms with Gasteiger partial charge in [-0.05, 0) is 23.6 Å². The van der Waals surface area contributed by atoms with E-state index >= 15 is 0 Å². The minimum Gasteiger partial charge on any atom is -0.480 e. The highest BCUT2D eigenvalue weighted by atomic mass is 16.4. The first-order valence-corrected chi connectivity index (χ1v) is 8.54. The number of rotatable bonds is 8. The summed E-state index contributed by atoms with van der Waals surface area (Å²) in [6, 6.07) is 5.93. The number of carbonyl (C=O) groups is 3. The quantitative estimate of drug-likeness (QED) is 0.756. The minimum absolute atomic E-state index is 0.0553. The smallest absolute Gasteiger partial charge is 0.326 e. The van der Waals surface area contributed by atoms with Crippen molar-refractivity contribution in [1.29, 1.82) is 0 Å². The van der Waals surface area contributed by atoms with Gasteiger partial charge in [-0.15, -0.1) is 0 Å². The summed E-state index contributed by atoms with van der Waals surface area (Å²) in [6.45, 7) is 7.84. The molecule has 0 saturated carbocycles. The minimum atomic E-state index is -1.03. The Labute approximate surface area is 149 Å². The average molecular weight is 348 g/mol. The van der Waals surface area contributed by atoms with Gasteiger partial charge in [-0.3, -0.25) is 9.59 Å². The molecule has 0 bridgehead atoms. The third-order valence-corrected chi connectivity index (χ3v) is 4.27. The number of aliphatic carboxylic acids is 1. The fourth-order valence-electron chi connectivity index (χ4n) is 2.46. The molecule has 1 aromatic carbocycles. The molecule has 6 heteroatoms. The highest BCUT2D eigenvalue weighted by Gasteiger charge is 2.25. The van der Waals surface area contributed by atoms with Gasteiger partial charge in [0.2, 0.25) is 5.91 Å². The third kappa shape index (κ3) is 5.89. The van der Waals surface area contributed by atoms with Crippen LogP contribution in [0.3, 0.4) is 0 Å². The summed E-state index contributed by atoms with van der Waals surface area (Å²) >= 11 is 0. The second kappa shape index (κ2) is 9.20. The lowest BCUT2D eigenvalue weighted by Gasteiger charge is -2.21. The zero-order valence-corrected chi connectivity index (χ0v) is 15.6. The summed E-state index contributed by atoms with van der Waals surface area (Å²) in [5, 5.41) is 11.8. The fraction of sp³-hybridized carbons (Fsp3) is 0.526. The monoisotopic (exact) mass is 348 g/mol. The first kappa shape index (κ1) is 20.7. The van der Waals surface area contributed by atoms with E-state index in [-0.39, 0.29) is 17.7 Å². The second-order valence-corrected chi connectivity index (χ2v) is 6.72. The van der Waals surface area contributed by atoms with Gasteiger partial charge in [0.15, 0.2) is 0 Å². The van der Waals surface area contributed by atoms with Crippen LogP contribution in [0.4, 0.5) is 0 Å². The molecule has 0 spiro atoms. The van der Waals surface area contributed by atoms with Crippen molar-refractivity contribution in [2.45, 2.75) is 46.7 Å². The van der Waals surface area contributed by atoms with Gasteiger partial charge < -0.3 is 15.3 Å². The summed E-state index contributed by atoms with van der Waals surface area (Å²) in [6.07, 6.45) is 0.659. The lowest BCUT2D eigenvalue weighted by molar-refractivity contribution is -0.140. The van der Waals surface area contributed by atoms with Gasteiger partial charge >= 0.3 is 5.97 Å². The fourth-order valence-corrected chi connectivity index (χ4v) is 2.46. The standard InChI is InChI=1S/C19H28N2O4/c1-6-13(4)16(19(24)25)20-17(22)15-9-7-14(8-10-15)11-21(5)18(23)12(2)3/h7-10,12-13,16H,6,11H2,1-5H3,(H,20,22)(H,24,25). The van der Waals surface area contributed by atoms with Crippen LogP contribution in [0.5, 0.6) is 0 Å². The van der Waals surface area contributed by atoms with E-state index in [1.54, 1.807) is 43.1 Å². The van der Waals surface area contributed by atoms with Crippen molar-refractivity contribution in [3.63, 3.8) is 0 Å². The van der Waals surface area contributed by atoms with Gasteiger partial charge in [-0.1, -0.05) is 46.2 Å². The van der Waals surface area contributed by atoms with E-state index in [1.165, 1.54) is 0 Å². The Morgan fingerprint density at radius 2 is 1.68 bits per heavy atom. The van der Waals surface area contributed by atoms with Crippen LogP contribution in [0.1, 0.15) is 50.0 Å². The number of carboxylic acids is 1. The van der Waals surface area contributed by atoms with Crippen LogP contribution >= 0.6 is 0 Å². The Morgan fingerprint density at radius 3 is 2.12 bits per heavy atom. The molecule has 0 saturated heterocycles. The molecule has 0 aliphatic rings. The Morgan fingerprint density at radius 1 is 1.12 bits per heavy atom. The van der Waals surface area contributed by atoms with Gasteiger partial charge in [-0.25, -0.2) is 4.79 Å². The largest absolute Gasteiger partial charge is 0.480 e. The van der Waals surface area contributed by atoms with Crippen LogP contribution in [0.15, 0.2) is 24.3 Å². The molecule has 0 aliphatic carbocycles. The summed E-state index contributed by atoms with van der Waals surface area (Å²) in [4.78, 5) is 37.1. The average Bonchev–Trinajstić information content (AvgIpc) is 2.58. The number of carbonyl (C=O) groups excluding carboxylic acids is 2. The molecule has 25 heavy (non-hydrogen) atoms. The maximum absolute atomic E-state index is 12.3. The first-order chi connectivity index (χ1) is 11.7. The predicted molar refractivity (Wildman–Crippen MR) is 96.1 cm³/mol. The second-order valence-electron chi connectivity index (χ2n) is 6.72. The Hall–Kier alpha value is -2.37. The molecule has 2 amide bonds. The number of amides is 2. The van der Waals surface area contributed by atoms with Crippen LogP contribution in [0.25, 0.3) is 0 Å². The van der Waals surface area contributed by atoms with Crippen LogP contribution in [-0.4, -0.2) is 40.9 Å². The van der Waals surface area contributed by atoms with Crippen molar-refractivity contribution in [1.82, 2.24) is 10.2 Å². The number of nitrogens with zero attached hydrogens (tertiary/aromatic N) is 1. The van der Waals surface area contributed by atoms with Crippen molar-refractivity contribution < 1.29 is 19.5 Å². The normalized spacial score (nSPS) is 13.2. The van der Waals surface area contributed by atoms with Gasteiger partial charge in [0.05, 0.1) is 0 Å². The zero-order valence-electron chi connectivity index (χ0n) is 15.6. The van der Waals surface area contributed by atoms with Gasteiger partial charge in [0, 0.05) is 25.1 Å². The van der Waals surface area contributed by atoms with Crippen molar-refractivity contribution >= 4 is 17.8 Å². The molecule has 138 valence electrons. The highest BCUT2D eigenvalue weighted by molar-refractivity contribution is 5.96.